The Labute approximate surface area is 102 Å². The molecule has 0 saturated carbocycles. The van der Waals surface area contributed by atoms with Crippen molar-refractivity contribution in [3.8, 4) is 5.75 Å². The number of hydrogen-bond acceptors (Lipinski definition) is 3. The number of hydroxylamine groups is 1. The van der Waals surface area contributed by atoms with E-state index in [1.807, 2.05) is 36.4 Å². The van der Waals surface area contributed by atoms with Gasteiger partial charge in [0.05, 0.1) is 9.27 Å². The lowest BCUT2D eigenvalue weighted by Crippen LogP contribution is -2.19. The first-order chi connectivity index (χ1) is 7.36. The van der Waals surface area contributed by atoms with Gasteiger partial charge in [-0.2, -0.15) is 0 Å². The highest BCUT2D eigenvalue weighted by Crippen LogP contribution is 2.20. The SMILES string of the molecule is Ic1ccccc1OCC1=CC=CON1. The first-order valence-corrected chi connectivity index (χ1v) is 5.59. The maximum atomic E-state index is 5.62. The topological polar surface area (TPSA) is 30.5 Å². The van der Waals surface area contributed by atoms with Gasteiger partial charge in [0.25, 0.3) is 0 Å². The molecule has 0 saturated heterocycles. The first-order valence-electron chi connectivity index (χ1n) is 4.51. The van der Waals surface area contributed by atoms with Crippen LogP contribution in [0.25, 0.3) is 0 Å². The molecule has 0 aromatic heterocycles. The predicted molar refractivity (Wildman–Crippen MR) is 66.1 cm³/mol. The number of ether oxygens (including phenoxy) is 1. The molecule has 1 aromatic rings. The fourth-order valence-electron chi connectivity index (χ4n) is 1.13. The summed E-state index contributed by atoms with van der Waals surface area (Å²) in [5.41, 5.74) is 3.66. The van der Waals surface area contributed by atoms with Crippen LogP contribution in [-0.4, -0.2) is 6.61 Å². The van der Waals surface area contributed by atoms with Gasteiger partial charge in [0.1, 0.15) is 18.6 Å². The molecule has 1 aromatic carbocycles. The fraction of sp³-hybridized carbons (Fsp3) is 0.0909. The Morgan fingerprint density at radius 1 is 1.33 bits per heavy atom. The Hall–Kier alpha value is -1.17. The molecule has 4 heteroatoms. The minimum atomic E-state index is 0.477. The van der Waals surface area contributed by atoms with Gasteiger partial charge in [-0.3, -0.25) is 0 Å². The molecule has 15 heavy (non-hydrogen) atoms. The summed E-state index contributed by atoms with van der Waals surface area (Å²) in [7, 11) is 0. The maximum Gasteiger partial charge on any atom is 0.133 e. The summed E-state index contributed by atoms with van der Waals surface area (Å²) in [6.45, 7) is 0.477. The minimum Gasteiger partial charge on any atom is -0.486 e. The van der Waals surface area contributed by atoms with Crippen LogP contribution in [0.1, 0.15) is 0 Å². The van der Waals surface area contributed by atoms with Crippen LogP contribution in [0.5, 0.6) is 5.75 Å². The van der Waals surface area contributed by atoms with Gasteiger partial charge in [-0.15, -0.1) is 0 Å². The molecule has 2 rings (SSSR count). The Bertz CT molecular complexity index is 401. The lowest BCUT2D eigenvalue weighted by atomic mass is 10.3. The van der Waals surface area contributed by atoms with E-state index in [1.165, 1.54) is 0 Å². The fourth-order valence-corrected chi connectivity index (χ4v) is 1.68. The zero-order valence-electron chi connectivity index (χ0n) is 7.94. The zero-order chi connectivity index (χ0) is 10.5. The van der Waals surface area contributed by atoms with E-state index in [1.54, 1.807) is 6.26 Å². The zero-order valence-corrected chi connectivity index (χ0v) is 10.1. The van der Waals surface area contributed by atoms with Crippen molar-refractivity contribution in [2.45, 2.75) is 0 Å². The second-order valence-corrected chi connectivity index (χ2v) is 4.12. The van der Waals surface area contributed by atoms with E-state index in [4.69, 9.17) is 9.57 Å². The highest BCUT2D eigenvalue weighted by atomic mass is 127. The summed E-state index contributed by atoms with van der Waals surface area (Å²) in [6, 6.07) is 7.89. The maximum absolute atomic E-state index is 5.62. The first kappa shape index (κ1) is 10.4. The average Bonchev–Trinajstić information content (AvgIpc) is 2.29. The molecule has 0 bridgehead atoms. The molecule has 0 spiro atoms. The predicted octanol–water partition coefficient (Wildman–Crippen LogP) is 2.60. The molecule has 0 unspecified atom stereocenters. The molecule has 1 N–H and O–H groups in total. The highest BCUT2D eigenvalue weighted by molar-refractivity contribution is 14.1. The van der Waals surface area contributed by atoms with Crippen molar-refractivity contribution < 1.29 is 9.57 Å². The summed E-state index contributed by atoms with van der Waals surface area (Å²) in [5, 5.41) is 0. The Kier molecular flexibility index (Phi) is 3.49. The number of benzene rings is 1. The Morgan fingerprint density at radius 2 is 2.20 bits per heavy atom. The van der Waals surface area contributed by atoms with Crippen molar-refractivity contribution >= 4 is 22.6 Å². The summed E-state index contributed by atoms with van der Waals surface area (Å²) in [5.74, 6) is 0.885. The number of allylic oxidation sites excluding steroid dienone is 2. The molecule has 0 atom stereocenters. The van der Waals surface area contributed by atoms with Gasteiger partial charge in [0.15, 0.2) is 0 Å². The van der Waals surface area contributed by atoms with Gasteiger partial charge in [0, 0.05) is 0 Å². The lowest BCUT2D eigenvalue weighted by molar-refractivity contribution is 0.145. The highest BCUT2D eigenvalue weighted by Gasteiger charge is 2.03. The third-order valence-electron chi connectivity index (χ3n) is 1.85. The number of para-hydroxylation sites is 1. The van der Waals surface area contributed by atoms with Gasteiger partial charge in [0.2, 0.25) is 0 Å². The van der Waals surface area contributed by atoms with Crippen LogP contribution in [0.15, 0.2) is 48.4 Å². The van der Waals surface area contributed by atoms with E-state index in [2.05, 4.69) is 28.1 Å². The minimum absolute atomic E-state index is 0.477. The van der Waals surface area contributed by atoms with E-state index < -0.39 is 0 Å². The van der Waals surface area contributed by atoms with Gasteiger partial charge < -0.3 is 9.57 Å². The summed E-state index contributed by atoms with van der Waals surface area (Å²) >= 11 is 2.24. The summed E-state index contributed by atoms with van der Waals surface area (Å²) in [4.78, 5) is 4.92. The van der Waals surface area contributed by atoms with Gasteiger partial charge in [-0.1, -0.05) is 12.1 Å². The van der Waals surface area contributed by atoms with Crippen molar-refractivity contribution in [2.24, 2.45) is 0 Å². The normalized spacial score (nSPS) is 13.8. The van der Waals surface area contributed by atoms with Gasteiger partial charge in [-0.25, -0.2) is 5.48 Å². The third-order valence-corrected chi connectivity index (χ3v) is 2.75. The molecule has 0 fully saturated rings. The van der Waals surface area contributed by atoms with Crippen molar-refractivity contribution in [1.29, 1.82) is 0 Å². The second kappa shape index (κ2) is 5.06. The van der Waals surface area contributed by atoms with Crippen LogP contribution in [0.2, 0.25) is 0 Å². The van der Waals surface area contributed by atoms with Gasteiger partial charge in [-0.05, 0) is 46.9 Å². The van der Waals surface area contributed by atoms with Crippen LogP contribution >= 0.6 is 22.6 Å². The number of halogens is 1. The molecular formula is C11H10INO2. The number of nitrogens with one attached hydrogen (secondary N) is 1. The van der Waals surface area contributed by atoms with Crippen molar-refractivity contribution in [1.82, 2.24) is 5.48 Å². The van der Waals surface area contributed by atoms with E-state index in [-0.39, 0.29) is 0 Å². The molecule has 78 valence electrons. The third kappa shape index (κ3) is 2.89. The molecule has 0 amide bonds. The molecule has 1 aliphatic heterocycles. The molecule has 3 nitrogen and oxygen atoms in total. The number of hydrogen-bond donors (Lipinski definition) is 1. The smallest absolute Gasteiger partial charge is 0.133 e. The summed E-state index contributed by atoms with van der Waals surface area (Å²) < 4.78 is 6.72. The van der Waals surface area contributed by atoms with E-state index in [0.717, 1.165) is 15.0 Å². The van der Waals surface area contributed by atoms with Crippen molar-refractivity contribution in [3.63, 3.8) is 0 Å². The van der Waals surface area contributed by atoms with Crippen LogP contribution < -0.4 is 10.2 Å². The van der Waals surface area contributed by atoms with E-state index in [9.17, 15) is 0 Å². The molecule has 1 aliphatic rings. The van der Waals surface area contributed by atoms with Gasteiger partial charge >= 0.3 is 0 Å². The Balaban J connectivity index is 1.96. The van der Waals surface area contributed by atoms with E-state index >= 15 is 0 Å². The number of rotatable bonds is 3. The second-order valence-electron chi connectivity index (χ2n) is 2.96. The van der Waals surface area contributed by atoms with Crippen LogP contribution in [-0.2, 0) is 4.84 Å². The molecular weight excluding hydrogens is 305 g/mol. The average molecular weight is 315 g/mol. The quantitative estimate of drug-likeness (QED) is 0.870. The monoisotopic (exact) mass is 315 g/mol. The van der Waals surface area contributed by atoms with E-state index in [0.29, 0.717) is 6.61 Å². The standard InChI is InChI=1S/C11H10INO2/c12-10-5-1-2-6-11(10)14-8-9-4-3-7-15-13-9/h1-7,13H,8H2. The van der Waals surface area contributed by atoms with Crippen LogP contribution in [0, 0.1) is 3.57 Å². The molecule has 0 aliphatic carbocycles. The van der Waals surface area contributed by atoms with Crippen LogP contribution in [0.4, 0.5) is 0 Å². The molecule has 0 radical (unpaired) electrons. The molecule has 1 heterocycles. The lowest BCUT2D eigenvalue weighted by Gasteiger charge is -2.13. The van der Waals surface area contributed by atoms with Crippen LogP contribution in [0.3, 0.4) is 0 Å². The van der Waals surface area contributed by atoms with Crippen molar-refractivity contribution in [3.05, 3.63) is 51.9 Å². The Morgan fingerprint density at radius 3 is 2.93 bits per heavy atom. The largest absolute Gasteiger partial charge is 0.486 e. The van der Waals surface area contributed by atoms with Crippen molar-refractivity contribution in [2.75, 3.05) is 6.61 Å². The summed E-state index contributed by atoms with van der Waals surface area (Å²) in [6.07, 6.45) is 5.32.